The van der Waals surface area contributed by atoms with Crippen LogP contribution in [0, 0.1) is 11.8 Å². The van der Waals surface area contributed by atoms with Crippen LogP contribution in [-0.4, -0.2) is 5.75 Å². The van der Waals surface area contributed by atoms with E-state index in [0.29, 0.717) is 5.92 Å². The molecule has 0 aromatic carbocycles. The second kappa shape index (κ2) is 14.5. The molecule has 0 nitrogen and oxygen atoms in total. The van der Waals surface area contributed by atoms with Gasteiger partial charge in [-0.15, -0.1) is 0 Å². The van der Waals surface area contributed by atoms with Crippen molar-refractivity contribution in [2.45, 2.75) is 74.1 Å². The van der Waals surface area contributed by atoms with Gasteiger partial charge in [-0.25, -0.2) is 0 Å². The molecule has 0 aromatic rings. The van der Waals surface area contributed by atoms with Crippen LogP contribution in [0.5, 0.6) is 0 Å². The lowest BCUT2D eigenvalue weighted by Gasteiger charge is -2.32. The van der Waals surface area contributed by atoms with E-state index in [1.165, 1.54) is 31.3 Å². The van der Waals surface area contributed by atoms with Crippen molar-refractivity contribution in [1.29, 1.82) is 0 Å². The van der Waals surface area contributed by atoms with Gasteiger partial charge in [-0.2, -0.15) is 12.6 Å². The second-order valence-corrected chi connectivity index (χ2v) is 4.92. The van der Waals surface area contributed by atoms with E-state index in [1.807, 2.05) is 41.5 Å². The summed E-state index contributed by atoms with van der Waals surface area (Å²) in [6.07, 6.45) is 9.60. The SMILES string of the molecule is C=CC1=C(C2CC/C2=C/C)CCC1CS.CC.CC.CC. The van der Waals surface area contributed by atoms with Crippen LogP contribution in [0.2, 0.25) is 0 Å². The van der Waals surface area contributed by atoms with Crippen LogP contribution in [0.3, 0.4) is 0 Å². The van der Waals surface area contributed by atoms with Crippen LogP contribution in [-0.2, 0) is 0 Å². The summed E-state index contributed by atoms with van der Waals surface area (Å²) in [5.41, 5.74) is 4.82. The average molecular weight is 311 g/mol. The summed E-state index contributed by atoms with van der Waals surface area (Å²) in [6, 6.07) is 0. The van der Waals surface area contributed by atoms with Gasteiger partial charge in [0, 0.05) is 5.92 Å². The molecular weight excluding hydrogens is 272 g/mol. The highest BCUT2D eigenvalue weighted by Gasteiger charge is 2.33. The largest absolute Gasteiger partial charge is 0.179 e. The fraction of sp³-hybridized carbons (Fsp3) is 0.700. The zero-order chi connectivity index (χ0) is 16.8. The predicted molar refractivity (Wildman–Crippen MR) is 104 cm³/mol. The zero-order valence-corrected chi connectivity index (χ0v) is 16.4. The van der Waals surface area contributed by atoms with Crippen molar-refractivity contribution in [1.82, 2.24) is 0 Å². The third-order valence-corrected chi connectivity index (χ3v) is 4.41. The fourth-order valence-electron chi connectivity index (χ4n) is 2.95. The molecular formula is C20H38S. The fourth-order valence-corrected chi connectivity index (χ4v) is 3.33. The first-order valence-corrected chi connectivity index (χ1v) is 9.56. The summed E-state index contributed by atoms with van der Waals surface area (Å²) in [6.45, 7) is 18.1. The average Bonchev–Trinajstić information content (AvgIpc) is 2.95. The Labute approximate surface area is 140 Å². The minimum atomic E-state index is 0.666. The van der Waals surface area contributed by atoms with Crippen LogP contribution < -0.4 is 0 Å². The van der Waals surface area contributed by atoms with Gasteiger partial charge in [-0.05, 0) is 49.9 Å². The highest BCUT2D eigenvalue weighted by molar-refractivity contribution is 7.80. The molecule has 2 aliphatic carbocycles. The maximum absolute atomic E-state index is 4.43. The summed E-state index contributed by atoms with van der Waals surface area (Å²) in [7, 11) is 0. The van der Waals surface area contributed by atoms with E-state index in [4.69, 9.17) is 0 Å². The third-order valence-electron chi connectivity index (χ3n) is 3.97. The molecule has 1 saturated carbocycles. The van der Waals surface area contributed by atoms with E-state index < -0.39 is 0 Å². The maximum Gasteiger partial charge on any atom is 0.00158 e. The van der Waals surface area contributed by atoms with Crippen molar-refractivity contribution in [3.8, 4) is 0 Å². The summed E-state index contributed by atoms with van der Waals surface area (Å²) in [5.74, 6) is 2.40. The maximum atomic E-state index is 4.43. The molecule has 0 radical (unpaired) electrons. The molecule has 0 heterocycles. The van der Waals surface area contributed by atoms with Crippen LogP contribution in [0.4, 0.5) is 0 Å². The Kier molecular flexibility index (Phi) is 15.8. The number of rotatable bonds is 3. The minimum absolute atomic E-state index is 0.666. The Balaban J connectivity index is 0. The number of thiol groups is 1. The molecule has 0 spiro atoms. The molecule has 2 atom stereocenters. The number of hydrogen-bond acceptors (Lipinski definition) is 1. The zero-order valence-electron chi connectivity index (χ0n) is 15.5. The van der Waals surface area contributed by atoms with Crippen LogP contribution in [0.15, 0.2) is 35.5 Å². The molecule has 0 bridgehead atoms. The Morgan fingerprint density at radius 3 is 1.95 bits per heavy atom. The van der Waals surface area contributed by atoms with Gasteiger partial charge in [0.2, 0.25) is 0 Å². The topological polar surface area (TPSA) is 0 Å². The normalized spacial score (nSPS) is 24.7. The monoisotopic (exact) mass is 310 g/mol. The standard InChI is InChI=1S/C14H20S.3C2H6/c1-3-10-5-7-13(10)14-8-6-11(9-15)12(14)4-2;3*1-2/h3-4,11,13,15H,2,5-9H2,1H3;3*1-2H3/b10-3-;;;. The molecule has 0 aromatic heterocycles. The van der Waals surface area contributed by atoms with Gasteiger partial charge < -0.3 is 0 Å². The Bertz CT molecular complexity index is 323. The smallest absolute Gasteiger partial charge is 0.00158 e. The van der Waals surface area contributed by atoms with E-state index in [0.717, 1.165) is 11.7 Å². The summed E-state index contributed by atoms with van der Waals surface area (Å²) in [5, 5.41) is 0. The third kappa shape index (κ3) is 6.06. The van der Waals surface area contributed by atoms with Crippen LogP contribution >= 0.6 is 12.6 Å². The minimum Gasteiger partial charge on any atom is -0.179 e. The Hall–Kier alpha value is -0.430. The van der Waals surface area contributed by atoms with Crippen molar-refractivity contribution in [2.24, 2.45) is 11.8 Å². The van der Waals surface area contributed by atoms with Gasteiger partial charge >= 0.3 is 0 Å². The van der Waals surface area contributed by atoms with Crippen LogP contribution in [0.25, 0.3) is 0 Å². The molecule has 2 rings (SSSR count). The van der Waals surface area contributed by atoms with E-state index >= 15 is 0 Å². The highest BCUT2D eigenvalue weighted by atomic mass is 32.1. The molecule has 0 saturated heterocycles. The molecule has 21 heavy (non-hydrogen) atoms. The van der Waals surface area contributed by atoms with Crippen molar-refractivity contribution < 1.29 is 0 Å². The van der Waals surface area contributed by atoms with Crippen molar-refractivity contribution >= 4 is 12.6 Å². The Morgan fingerprint density at radius 1 is 1.05 bits per heavy atom. The molecule has 0 amide bonds. The number of allylic oxidation sites excluding steroid dienone is 5. The highest BCUT2D eigenvalue weighted by Crippen LogP contribution is 2.47. The second-order valence-electron chi connectivity index (χ2n) is 4.56. The van der Waals surface area contributed by atoms with Gasteiger partial charge in [0.1, 0.15) is 0 Å². The molecule has 124 valence electrons. The summed E-state index contributed by atoms with van der Waals surface area (Å²) in [4.78, 5) is 0. The lowest BCUT2D eigenvalue weighted by Crippen LogP contribution is -2.18. The first-order valence-electron chi connectivity index (χ1n) is 8.93. The van der Waals surface area contributed by atoms with Gasteiger partial charge in [0.15, 0.2) is 0 Å². The Morgan fingerprint density at radius 2 is 1.62 bits per heavy atom. The van der Waals surface area contributed by atoms with Crippen molar-refractivity contribution in [3.05, 3.63) is 35.5 Å². The molecule has 1 fully saturated rings. The quantitative estimate of drug-likeness (QED) is 0.412. The van der Waals surface area contributed by atoms with Gasteiger partial charge in [-0.3, -0.25) is 0 Å². The molecule has 0 N–H and O–H groups in total. The van der Waals surface area contributed by atoms with Gasteiger partial charge in [-0.1, -0.05) is 71.4 Å². The van der Waals surface area contributed by atoms with Crippen molar-refractivity contribution in [2.75, 3.05) is 5.75 Å². The van der Waals surface area contributed by atoms with Gasteiger partial charge in [0.25, 0.3) is 0 Å². The van der Waals surface area contributed by atoms with E-state index in [1.54, 1.807) is 11.1 Å². The van der Waals surface area contributed by atoms with E-state index in [-0.39, 0.29) is 0 Å². The molecule has 0 aliphatic heterocycles. The summed E-state index contributed by atoms with van der Waals surface area (Å²) < 4.78 is 0. The first-order chi connectivity index (χ1) is 10.3. The lowest BCUT2D eigenvalue weighted by atomic mass is 9.73. The first kappa shape index (κ1) is 22.8. The van der Waals surface area contributed by atoms with Gasteiger partial charge in [0.05, 0.1) is 0 Å². The van der Waals surface area contributed by atoms with E-state index in [2.05, 4.69) is 38.3 Å². The van der Waals surface area contributed by atoms with Crippen LogP contribution in [0.1, 0.15) is 74.1 Å². The summed E-state index contributed by atoms with van der Waals surface area (Å²) >= 11 is 4.43. The number of hydrogen-bond donors (Lipinski definition) is 1. The van der Waals surface area contributed by atoms with E-state index in [9.17, 15) is 0 Å². The van der Waals surface area contributed by atoms with Crippen molar-refractivity contribution in [3.63, 3.8) is 0 Å². The molecule has 1 heteroatoms. The molecule has 2 unspecified atom stereocenters. The lowest BCUT2D eigenvalue weighted by molar-refractivity contribution is 0.494. The predicted octanol–water partition coefficient (Wildman–Crippen LogP) is 7.24. The molecule has 2 aliphatic rings.